The molecule has 2 N–H and O–H groups in total. The van der Waals surface area contributed by atoms with Crippen molar-refractivity contribution < 1.29 is 27.6 Å². The average Bonchev–Trinajstić information content (AvgIpc) is 3.17. The van der Waals surface area contributed by atoms with E-state index in [1.54, 1.807) is 0 Å². The Kier molecular flexibility index (Phi) is 6.12. The standard InChI is InChI=1S/C17H18N4O.C2HF3O2/c1-11-10-18-9-8-13(11)17-20-16(21-22-17)15-7-6-12-4-2-3-5-14(12)19-15;3-2(4,5)1(6)7/h2-7,11,13,18H,8-10H2,1H3;(H,6,7). The number of para-hydroxylation sites is 1. The number of nitrogens with zero attached hydrogens (tertiary/aromatic N) is 3. The number of hydrogen-bond donors (Lipinski definition) is 2. The number of carboxylic acids is 1. The molecule has 0 amide bonds. The molecule has 1 aliphatic heterocycles. The van der Waals surface area contributed by atoms with Crippen molar-refractivity contribution in [2.45, 2.75) is 25.4 Å². The highest BCUT2D eigenvalue weighted by atomic mass is 19.4. The molecule has 1 aliphatic rings. The quantitative estimate of drug-likeness (QED) is 0.668. The number of piperidine rings is 1. The van der Waals surface area contributed by atoms with Gasteiger partial charge in [0.15, 0.2) is 0 Å². The molecule has 1 saturated heterocycles. The van der Waals surface area contributed by atoms with Crippen LogP contribution < -0.4 is 5.32 Å². The Labute approximate surface area is 163 Å². The van der Waals surface area contributed by atoms with Crippen LogP contribution in [0.5, 0.6) is 0 Å². The van der Waals surface area contributed by atoms with Crippen LogP contribution in [-0.4, -0.2) is 45.5 Å². The lowest BCUT2D eigenvalue weighted by molar-refractivity contribution is -0.192. The number of hydrogen-bond acceptors (Lipinski definition) is 6. The van der Waals surface area contributed by atoms with Gasteiger partial charge in [-0.1, -0.05) is 36.3 Å². The smallest absolute Gasteiger partial charge is 0.475 e. The number of pyridine rings is 1. The van der Waals surface area contributed by atoms with E-state index in [4.69, 9.17) is 14.4 Å². The van der Waals surface area contributed by atoms with E-state index in [2.05, 4.69) is 27.4 Å². The van der Waals surface area contributed by atoms with Crippen LogP contribution in [0, 0.1) is 5.92 Å². The van der Waals surface area contributed by atoms with E-state index in [1.165, 1.54) is 0 Å². The van der Waals surface area contributed by atoms with Gasteiger partial charge in [0.2, 0.25) is 11.7 Å². The van der Waals surface area contributed by atoms with Crippen molar-refractivity contribution in [1.82, 2.24) is 20.4 Å². The molecule has 7 nitrogen and oxygen atoms in total. The molecule has 4 rings (SSSR count). The molecule has 0 bridgehead atoms. The third-order valence-electron chi connectivity index (χ3n) is 4.61. The minimum atomic E-state index is -5.08. The first-order chi connectivity index (χ1) is 13.8. The maximum Gasteiger partial charge on any atom is 0.490 e. The van der Waals surface area contributed by atoms with Crippen LogP contribution >= 0.6 is 0 Å². The summed E-state index contributed by atoms with van der Waals surface area (Å²) in [6, 6.07) is 12.0. The van der Waals surface area contributed by atoms with Gasteiger partial charge in [0, 0.05) is 11.3 Å². The van der Waals surface area contributed by atoms with Gasteiger partial charge in [0.1, 0.15) is 5.69 Å². The summed E-state index contributed by atoms with van der Waals surface area (Å²) in [5.74, 6) is -0.604. The number of fused-ring (bicyclic) bond motifs is 1. The highest BCUT2D eigenvalue weighted by Crippen LogP contribution is 2.30. The molecule has 0 saturated carbocycles. The van der Waals surface area contributed by atoms with Gasteiger partial charge in [0.05, 0.1) is 5.52 Å². The molecule has 154 valence electrons. The van der Waals surface area contributed by atoms with E-state index in [-0.39, 0.29) is 0 Å². The highest BCUT2D eigenvalue weighted by Gasteiger charge is 2.38. The van der Waals surface area contributed by atoms with Crippen molar-refractivity contribution >= 4 is 16.9 Å². The van der Waals surface area contributed by atoms with E-state index >= 15 is 0 Å². The summed E-state index contributed by atoms with van der Waals surface area (Å²) in [6.45, 7) is 4.21. The predicted molar refractivity (Wildman–Crippen MR) is 98.1 cm³/mol. The summed E-state index contributed by atoms with van der Waals surface area (Å²) in [5, 5.41) is 15.8. The van der Waals surface area contributed by atoms with Gasteiger partial charge in [0.25, 0.3) is 0 Å². The second-order valence-electron chi connectivity index (χ2n) is 6.72. The molecule has 2 unspecified atom stereocenters. The minimum absolute atomic E-state index is 0.336. The number of aromatic nitrogens is 3. The Hall–Kier alpha value is -3.01. The number of benzene rings is 1. The van der Waals surface area contributed by atoms with Crippen LogP contribution in [0.25, 0.3) is 22.4 Å². The molecule has 29 heavy (non-hydrogen) atoms. The van der Waals surface area contributed by atoms with Gasteiger partial charge in [-0.15, -0.1) is 0 Å². The van der Waals surface area contributed by atoms with E-state index in [9.17, 15) is 13.2 Å². The average molecular weight is 408 g/mol. The van der Waals surface area contributed by atoms with Crippen LogP contribution in [0.15, 0.2) is 40.9 Å². The van der Waals surface area contributed by atoms with E-state index in [0.29, 0.717) is 17.7 Å². The predicted octanol–water partition coefficient (Wildman–Crippen LogP) is 3.63. The number of alkyl halides is 3. The lowest BCUT2D eigenvalue weighted by atomic mass is 9.88. The van der Waals surface area contributed by atoms with Crippen LogP contribution in [0.1, 0.15) is 25.2 Å². The minimum Gasteiger partial charge on any atom is -0.475 e. The highest BCUT2D eigenvalue weighted by molar-refractivity contribution is 5.80. The van der Waals surface area contributed by atoms with Crippen LogP contribution in [-0.2, 0) is 4.79 Å². The first-order valence-corrected chi connectivity index (χ1v) is 8.96. The molecule has 10 heteroatoms. The molecule has 0 aliphatic carbocycles. The van der Waals surface area contributed by atoms with Crippen molar-refractivity contribution in [3.63, 3.8) is 0 Å². The monoisotopic (exact) mass is 408 g/mol. The number of halogens is 3. The zero-order valence-electron chi connectivity index (χ0n) is 15.5. The van der Waals surface area contributed by atoms with Gasteiger partial charge >= 0.3 is 12.1 Å². The third-order valence-corrected chi connectivity index (χ3v) is 4.61. The Morgan fingerprint density at radius 1 is 1.21 bits per heavy atom. The second-order valence-corrected chi connectivity index (χ2v) is 6.72. The number of rotatable bonds is 2. The van der Waals surface area contributed by atoms with Crippen LogP contribution in [0.4, 0.5) is 13.2 Å². The van der Waals surface area contributed by atoms with Crippen molar-refractivity contribution in [1.29, 1.82) is 0 Å². The molecule has 3 heterocycles. The number of carbonyl (C=O) groups is 1. The van der Waals surface area contributed by atoms with Crippen LogP contribution in [0.2, 0.25) is 0 Å². The fraction of sp³-hybridized carbons (Fsp3) is 0.368. The second kappa shape index (κ2) is 8.56. The Morgan fingerprint density at radius 2 is 1.93 bits per heavy atom. The normalized spacial score (nSPS) is 19.4. The van der Waals surface area contributed by atoms with Gasteiger partial charge in [-0.05, 0) is 37.6 Å². The van der Waals surface area contributed by atoms with Crippen LogP contribution in [0.3, 0.4) is 0 Å². The topological polar surface area (TPSA) is 101 Å². The summed E-state index contributed by atoms with van der Waals surface area (Å²) >= 11 is 0. The molecule has 0 radical (unpaired) electrons. The zero-order chi connectivity index (χ0) is 21.0. The third kappa shape index (κ3) is 5.08. The summed E-state index contributed by atoms with van der Waals surface area (Å²) < 4.78 is 37.2. The molecular formula is C19H19F3N4O3. The number of nitrogens with one attached hydrogen (secondary N) is 1. The van der Waals surface area contributed by atoms with Crippen molar-refractivity contribution in [2.24, 2.45) is 5.92 Å². The number of carboxylic acid groups (broad SMARTS) is 1. The lowest BCUT2D eigenvalue weighted by Gasteiger charge is -2.26. The molecule has 2 atom stereocenters. The van der Waals surface area contributed by atoms with Gasteiger partial charge in [-0.3, -0.25) is 0 Å². The van der Waals surface area contributed by atoms with Crippen molar-refractivity contribution in [2.75, 3.05) is 13.1 Å². The SMILES string of the molecule is CC1CNCCC1c1nc(-c2ccc3ccccc3n2)no1.O=C(O)C(F)(F)F. The van der Waals surface area contributed by atoms with Gasteiger partial charge < -0.3 is 14.9 Å². The van der Waals surface area contributed by atoms with Crippen molar-refractivity contribution in [3.05, 3.63) is 42.3 Å². The van der Waals surface area contributed by atoms with E-state index in [1.807, 2.05) is 36.4 Å². The summed E-state index contributed by atoms with van der Waals surface area (Å²) in [7, 11) is 0. The summed E-state index contributed by atoms with van der Waals surface area (Å²) in [4.78, 5) is 18.1. The Bertz CT molecular complexity index is 990. The molecule has 0 spiro atoms. The van der Waals surface area contributed by atoms with Crippen molar-refractivity contribution in [3.8, 4) is 11.5 Å². The van der Waals surface area contributed by atoms with Gasteiger partial charge in [-0.2, -0.15) is 18.2 Å². The molecule has 3 aromatic rings. The fourth-order valence-corrected chi connectivity index (χ4v) is 3.06. The van der Waals surface area contributed by atoms with E-state index < -0.39 is 12.1 Å². The molecular weight excluding hydrogens is 389 g/mol. The van der Waals surface area contributed by atoms with E-state index in [0.717, 1.165) is 42.0 Å². The zero-order valence-corrected chi connectivity index (χ0v) is 15.5. The molecule has 1 aromatic carbocycles. The largest absolute Gasteiger partial charge is 0.490 e. The molecule has 2 aromatic heterocycles. The Balaban J connectivity index is 0.000000298. The molecule has 1 fully saturated rings. The maximum absolute atomic E-state index is 10.6. The maximum atomic E-state index is 10.6. The Morgan fingerprint density at radius 3 is 2.62 bits per heavy atom. The summed E-state index contributed by atoms with van der Waals surface area (Å²) in [5.41, 5.74) is 1.71. The first kappa shape index (κ1) is 20.7. The summed E-state index contributed by atoms with van der Waals surface area (Å²) in [6.07, 6.45) is -4.05. The lowest BCUT2D eigenvalue weighted by Crippen LogP contribution is -2.33. The number of aliphatic carboxylic acids is 1. The fourth-order valence-electron chi connectivity index (χ4n) is 3.06. The first-order valence-electron chi connectivity index (χ1n) is 8.96. The van der Waals surface area contributed by atoms with Gasteiger partial charge in [-0.25, -0.2) is 9.78 Å².